The van der Waals surface area contributed by atoms with Crippen molar-refractivity contribution >= 4 is 27.5 Å². The summed E-state index contributed by atoms with van der Waals surface area (Å²) in [6.07, 6.45) is 3.59. The lowest BCUT2D eigenvalue weighted by Crippen LogP contribution is -2.49. The maximum atomic E-state index is 13.1. The monoisotopic (exact) mass is 456 g/mol. The van der Waals surface area contributed by atoms with E-state index in [1.54, 1.807) is 29.2 Å². The molecule has 1 N–H and O–H groups in total. The molecular formula is C21H33ClN4O3S. The van der Waals surface area contributed by atoms with Crippen LogP contribution in [-0.4, -0.2) is 92.6 Å². The summed E-state index contributed by atoms with van der Waals surface area (Å²) in [5, 5.41) is 3.74. The number of carbonyl (C=O) groups excluding carboxylic acids is 1. The first-order chi connectivity index (χ1) is 14.4. The van der Waals surface area contributed by atoms with Gasteiger partial charge in [-0.2, -0.15) is 4.31 Å². The first-order valence-electron chi connectivity index (χ1n) is 10.8. The van der Waals surface area contributed by atoms with E-state index in [0.717, 1.165) is 13.1 Å². The van der Waals surface area contributed by atoms with Crippen LogP contribution in [0.2, 0.25) is 5.02 Å². The van der Waals surface area contributed by atoms with Gasteiger partial charge in [0.25, 0.3) is 5.91 Å². The van der Waals surface area contributed by atoms with Crippen molar-refractivity contribution in [1.82, 2.24) is 19.4 Å². The van der Waals surface area contributed by atoms with Crippen molar-refractivity contribution in [2.24, 2.45) is 0 Å². The van der Waals surface area contributed by atoms with E-state index in [1.807, 2.05) is 0 Å². The zero-order chi connectivity index (χ0) is 21.6. The highest BCUT2D eigenvalue weighted by Crippen LogP contribution is 2.17. The van der Waals surface area contributed by atoms with E-state index in [9.17, 15) is 13.2 Å². The smallest absolute Gasteiger partial charge is 0.253 e. The number of benzene rings is 1. The van der Waals surface area contributed by atoms with Gasteiger partial charge >= 0.3 is 0 Å². The van der Waals surface area contributed by atoms with Gasteiger partial charge in [0.2, 0.25) is 10.0 Å². The van der Waals surface area contributed by atoms with Crippen molar-refractivity contribution in [3.05, 3.63) is 34.9 Å². The molecule has 2 saturated heterocycles. The molecule has 168 valence electrons. The Hall–Kier alpha value is -1.19. The molecule has 9 heteroatoms. The van der Waals surface area contributed by atoms with Crippen LogP contribution in [0.25, 0.3) is 0 Å². The van der Waals surface area contributed by atoms with E-state index in [0.29, 0.717) is 49.4 Å². The fraction of sp³-hybridized carbons (Fsp3) is 0.667. The lowest BCUT2D eigenvalue weighted by Gasteiger charge is -2.35. The van der Waals surface area contributed by atoms with E-state index in [2.05, 4.69) is 17.1 Å². The molecule has 2 aliphatic rings. The number of nitrogens with one attached hydrogen (secondary N) is 1. The van der Waals surface area contributed by atoms with Crippen molar-refractivity contribution in [3.63, 3.8) is 0 Å². The van der Waals surface area contributed by atoms with Crippen LogP contribution in [0.1, 0.15) is 36.5 Å². The Morgan fingerprint density at radius 1 is 1.13 bits per heavy atom. The summed E-state index contributed by atoms with van der Waals surface area (Å²) >= 11 is 5.96. The molecule has 0 spiro atoms. The van der Waals surface area contributed by atoms with Gasteiger partial charge in [-0.05, 0) is 50.6 Å². The topological polar surface area (TPSA) is 73.0 Å². The second kappa shape index (κ2) is 10.9. The molecule has 7 nitrogen and oxygen atoms in total. The van der Waals surface area contributed by atoms with Gasteiger partial charge in [0.05, 0.1) is 5.75 Å². The summed E-state index contributed by atoms with van der Waals surface area (Å²) in [7, 11) is -3.39. The molecule has 2 heterocycles. The lowest BCUT2D eigenvalue weighted by molar-refractivity contribution is 0.0717. The van der Waals surface area contributed by atoms with Gasteiger partial charge < -0.3 is 10.2 Å². The third-order valence-electron chi connectivity index (χ3n) is 6.06. The fourth-order valence-electron chi connectivity index (χ4n) is 4.11. The minimum absolute atomic E-state index is 0.0537. The van der Waals surface area contributed by atoms with Crippen LogP contribution < -0.4 is 5.32 Å². The number of carbonyl (C=O) groups is 1. The maximum Gasteiger partial charge on any atom is 0.253 e. The van der Waals surface area contributed by atoms with E-state index < -0.39 is 10.0 Å². The number of piperazine rings is 1. The highest BCUT2D eigenvalue weighted by atomic mass is 35.5. The third-order valence-corrected chi connectivity index (χ3v) is 8.17. The number of nitrogens with zero attached hydrogens (tertiary/aromatic N) is 3. The summed E-state index contributed by atoms with van der Waals surface area (Å²) in [5.74, 6) is -0.200. The van der Waals surface area contributed by atoms with E-state index in [1.165, 1.54) is 23.6 Å². The zero-order valence-corrected chi connectivity index (χ0v) is 19.3. The van der Waals surface area contributed by atoms with E-state index in [-0.39, 0.29) is 18.2 Å². The van der Waals surface area contributed by atoms with Crippen LogP contribution in [0.15, 0.2) is 24.3 Å². The number of hydrogen-bond donors (Lipinski definition) is 1. The molecule has 0 saturated carbocycles. The molecular weight excluding hydrogens is 424 g/mol. The minimum Gasteiger partial charge on any atom is -0.336 e. The molecule has 0 radical (unpaired) electrons. The number of likely N-dealkylation sites (tertiary alicyclic amines) is 1. The molecule has 2 fully saturated rings. The Morgan fingerprint density at radius 2 is 1.83 bits per heavy atom. The summed E-state index contributed by atoms with van der Waals surface area (Å²) < 4.78 is 27.1. The van der Waals surface area contributed by atoms with Crippen LogP contribution >= 0.6 is 11.6 Å². The van der Waals surface area contributed by atoms with E-state index in [4.69, 9.17) is 11.6 Å². The first kappa shape index (κ1) is 23.5. The highest BCUT2D eigenvalue weighted by Gasteiger charge is 2.27. The normalized spacial score (nSPS) is 21.5. The van der Waals surface area contributed by atoms with Crippen molar-refractivity contribution in [2.45, 2.75) is 32.2 Å². The first-order valence-corrected chi connectivity index (χ1v) is 12.8. The molecule has 2 aliphatic heterocycles. The summed E-state index contributed by atoms with van der Waals surface area (Å²) in [6.45, 7) is 7.02. The summed E-state index contributed by atoms with van der Waals surface area (Å²) in [5.41, 5.74) is 0.533. The average molecular weight is 457 g/mol. The van der Waals surface area contributed by atoms with Crippen molar-refractivity contribution in [3.8, 4) is 0 Å². The summed E-state index contributed by atoms with van der Waals surface area (Å²) in [4.78, 5) is 17.2. The number of amides is 1. The van der Waals surface area contributed by atoms with Gasteiger partial charge in [-0.15, -0.1) is 0 Å². The second-order valence-electron chi connectivity index (χ2n) is 8.14. The van der Waals surface area contributed by atoms with Crippen LogP contribution in [0.5, 0.6) is 0 Å². The van der Waals surface area contributed by atoms with Crippen molar-refractivity contribution in [1.29, 1.82) is 0 Å². The van der Waals surface area contributed by atoms with Crippen molar-refractivity contribution in [2.75, 3.05) is 58.1 Å². The minimum atomic E-state index is -3.39. The Labute approximate surface area is 185 Å². The number of rotatable bonds is 8. The molecule has 0 aromatic heterocycles. The van der Waals surface area contributed by atoms with Gasteiger partial charge in [0.1, 0.15) is 0 Å². The zero-order valence-electron chi connectivity index (χ0n) is 17.7. The predicted molar refractivity (Wildman–Crippen MR) is 120 cm³/mol. The SMILES string of the molecule is C[C@H]1CCCCN1CCN(CCS(=O)(=O)N1CCNCC1)C(=O)c1ccc(Cl)cc1. The van der Waals surface area contributed by atoms with Crippen LogP contribution in [0.4, 0.5) is 0 Å². The standard InChI is InChI=1S/C21H33ClN4O3S/c1-18-4-2-3-11-24(18)14-15-25(21(27)19-5-7-20(22)8-6-19)16-17-30(28,29)26-12-9-23-10-13-26/h5-8,18,23H,2-4,9-17H2,1H3/t18-/m0/s1. The van der Waals surface area contributed by atoms with Gasteiger partial charge in [0, 0.05) is 62.4 Å². The molecule has 1 amide bonds. The van der Waals surface area contributed by atoms with Crippen molar-refractivity contribution < 1.29 is 13.2 Å². The molecule has 0 aliphatic carbocycles. The second-order valence-corrected chi connectivity index (χ2v) is 10.7. The van der Waals surface area contributed by atoms with Gasteiger partial charge in [-0.3, -0.25) is 9.69 Å². The Morgan fingerprint density at radius 3 is 2.50 bits per heavy atom. The quantitative estimate of drug-likeness (QED) is 0.646. The molecule has 0 unspecified atom stereocenters. The maximum absolute atomic E-state index is 13.1. The number of piperidine rings is 1. The molecule has 1 aromatic carbocycles. The number of sulfonamides is 1. The van der Waals surface area contributed by atoms with Crippen LogP contribution in [0.3, 0.4) is 0 Å². The Kier molecular flexibility index (Phi) is 8.53. The molecule has 3 rings (SSSR count). The van der Waals surface area contributed by atoms with Crippen LogP contribution in [-0.2, 0) is 10.0 Å². The highest BCUT2D eigenvalue weighted by molar-refractivity contribution is 7.89. The van der Waals surface area contributed by atoms with Gasteiger partial charge in [-0.1, -0.05) is 18.0 Å². The number of hydrogen-bond acceptors (Lipinski definition) is 5. The fourth-order valence-corrected chi connectivity index (χ4v) is 5.68. The lowest BCUT2D eigenvalue weighted by atomic mass is 10.0. The number of halogens is 1. The summed E-state index contributed by atoms with van der Waals surface area (Å²) in [6, 6.07) is 7.28. The molecule has 0 bridgehead atoms. The largest absolute Gasteiger partial charge is 0.336 e. The van der Waals surface area contributed by atoms with Gasteiger partial charge in [0.15, 0.2) is 0 Å². The molecule has 1 aromatic rings. The predicted octanol–water partition coefficient (Wildman–Crippen LogP) is 1.89. The Bertz CT molecular complexity index is 797. The van der Waals surface area contributed by atoms with Crippen LogP contribution in [0, 0.1) is 0 Å². The van der Waals surface area contributed by atoms with E-state index >= 15 is 0 Å². The molecule has 1 atom stereocenters. The Balaban J connectivity index is 1.67. The molecule has 30 heavy (non-hydrogen) atoms. The van der Waals surface area contributed by atoms with Gasteiger partial charge in [-0.25, -0.2) is 8.42 Å². The third kappa shape index (κ3) is 6.40. The average Bonchev–Trinajstić information content (AvgIpc) is 2.75.